The molecule has 1 atom stereocenters. The summed E-state index contributed by atoms with van der Waals surface area (Å²) in [7, 11) is -2.35. The summed E-state index contributed by atoms with van der Waals surface area (Å²) in [6, 6.07) is 23.4. The van der Waals surface area contributed by atoms with Crippen molar-refractivity contribution < 1.29 is 22.7 Å². The van der Waals surface area contributed by atoms with Gasteiger partial charge in [-0.1, -0.05) is 54.6 Å². The number of unbranched alkanes of at least 4 members (excludes halogenated alkanes) is 1. The lowest BCUT2D eigenvalue weighted by molar-refractivity contribution is -0.115. The maximum atomic E-state index is 13.0. The average molecular weight is 493 g/mol. The molecule has 2 amide bonds. The van der Waals surface area contributed by atoms with Crippen molar-refractivity contribution in [1.82, 2.24) is 5.32 Å². The van der Waals surface area contributed by atoms with Gasteiger partial charge in [-0.05, 0) is 54.7 Å². The highest BCUT2D eigenvalue weighted by atomic mass is 32.2. The lowest BCUT2D eigenvalue weighted by Gasteiger charge is -2.25. The zero-order chi connectivity index (χ0) is 24.8. The van der Waals surface area contributed by atoms with Gasteiger partial charge < -0.3 is 10.1 Å². The number of hydrogen-bond donors (Lipinski definition) is 1. The Morgan fingerprint density at radius 1 is 1.00 bits per heavy atom. The summed E-state index contributed by atoms with van der Waals surface area (Å²) in [5, 5.41) is 1.67. The molecular formula is C27H28N2O5S. The molecule has 0 radical (unpaired) electrons. The van der Waals surface area contributed by atoms with Crippen molar-refractivity contribution in [3.8, 4) is 5.75 Å². The van der Waals surface area contributed by atoms with Crippen LogP contribution in [0.4, 0.5) is 5.69 Å². The molecule has 4 rings (SSSR count). The van der Waals surface area contributed by atoms with Crippen molar-refractivity contribution in [1.29, 1.82) is 0 Å². The Morgan fingerprint density at radius 3 is 2.51 bits per heavy atom. The fourth-order valence-electron chi connectivity index (χ4n) is 4.29. The van der Waals surface area contributed by atoms with Gasteiger partial charge >= 0.3 is 0 Å². The number of aryl methyl sites for hydroxylation is 1. The molecule has 1 aliphatic rings. The highest BCUT2D eigenvalue weighted by Gasteiger charge is 2.46. The molecule has 0 aromatic heterocycles. The second-order valence-corrected chi connectivity index (χ2v) is 10.5. The van der Waals surface area contributed by atoms with Crippen LogP contribution < -0.4 is 15.0 Å². The second kappa shape index (κ2) is 10.7. The number of carbonyl (C=O) groups excluding carboxylic acids is 2. The van der Waals surface area contributed by atoms with Crippen molar-refractivity contribution in [3.63, 3.8) is 0 Å². The summed E-state index contributed by atoms with van der Waals surface area (Å²) in [5.74, 6) is -1.02. The minimum Gasteiger partial charge on any atom is -0.495 e. The summed E-state index contributed by atoms with van der Waals surface area (Å²) in [6.45, 7) is 0.517. The van der Waals surface area contributed by atoms with E-state index in [0.29, 0.717) is 29.1 Å². The molecule has 182 valence electrons. The molecule has 1 aliphatic heterocycles. The first-order valence-electron chi connectivity index (χ1n) is 11.5. The summed E-state index contributed by atoms with van der Waals surface area (Å²) < 4.78 is 31.3. The van der Waals surface area contributed by atoms with E-state index in [2.05, 4.69) is 17.4 Å². The van der Waals surface area contributed by atoms with Crippen molar-refractivity contribution in [2.24, 2.45) is 0 Å². The van der Waals surface area contributed by atoms with Gasteiger partial charge in [0.15, 0.2) is 15.2 Å². The van der Waals surface area contributed by atoms with Crippen LogP contribution in [0.15, 0.2) is 78.9 Å². The molecule has 1 saturated heterocycles. The number of anilines is 1. The molecular weight excluding hydrogens is 464 g/mol. The molecule has 8 heteroatoms. The number of rotatable bonds is 9. The van der Waals surface area contributed by atoms with Gasteiger partial charge in [-0.15, -0.1) is 0 Å². The van der Waals surface area contributed by atoms with Crippen molar-refractivity contribution in [2.45, 2.75) is 24.6 Å². The van der Waals surface area contributed by atoms with Crippen LogP contribution in [0.5, 0.6) is 5.75 Å². The Balaban J connectivity index is 1.48. The summed E-state index contributed by atoms with van der Waals surface area (Å²) >= 11 is 0. The van der Waals surface area contributed by atoms with E-state index in [4.69, 9.17) is 4.74 Å². The standard InChI is InChI=1S/C27H28N2O5S/c1-34-24-16-6-5-15-23(24)29-25(30)19-35(32,33)27(29)22-14-9-13-21(18-22)26(31)28-17-8-7-12-20-10-3-2-4-11-20/h2-6,9-11,13-16,18,27H,7-8,12,17,19H2,1H3,(H,28,31). The van der Waals surface area contributed by atoms with Gasteiger partial charge in [-0.25, -0.2) is 8.42 Å². The molecule has 3 aromatic carbocycles. The SMILES string of the molecule is COc1ccccc1N1C(=O)CS(=O)(=O)C1c1cccc(C(=O)NCCCCc2ccccc2)c1. The fraction of sp³-hybridized carbons (Fsp3) is 0.259. The molecule has 1 N–H and O–H groups in total. The first-order chi connectivity index (χ1) is 16.9. The summed E-state index contributed by atoms with van der Waals surface area (Å²) in [6.07, 6.45) is 2.71. The van der Waals surface area contributed by atoms with E-state index >= 15 is 0 Å². The van der Waals surface area contributed by atoms with Crippen LogP contribution in [0.2, 0.25) is 0 Å². The Kier molecular flexibility index (Phi) is 7.51. The van der Waals surface area contributed by atoms with Gasteiger partial charge in [-0.2, -0.15) is 0 Å². The number of amides is 2. The van der Waals surface area contributed by atoms with E-state index < -0.39 is 26.9 Å². The zero-order valence-corrected chi connectivity index (χ0v) is 20.3. The van der Waals surface area contributed by atoms with Crippen LogP contribution in [-0.4, -0.2) is 39.6 Å². The third-order valence-electron chi connectivity index (χ3n) is 5.97. The highest BCUT2D eigenvalue weighted by molar-refractivity contribution is 7.93. The minimum absolute atomic E-state index is 0.280. The number of nitrogens with zero attached hydrogens (tertiary/aromatic N) is 1. The number of sulfone groups is 1. The first-order valence-corrected chi connectivity index (χ1v) is 13.2. The monoisotopic (exact) mass is 492 g/mol. The van der Waals surface area contributed by atoms with E-state index in [1.54, 1.807) is 48.5 Å². The Labute approximate surface area is 205 Å². The molecule has 0 aliphatic carbocycles. The molecule has 0 bridgehead atoms. The second-order valence-electron chi connectivity index (χ2n) is 8.42. The molecule has 35 heavy (non-hydrogen) atoms. The lowest BCUT2D eigenvalue weighted by Crippen LogP contribution is -2.30. The van der Waals surface area contributed by atoms with Gasteiger partial charge in [0, 0.05) is 12.1 Å². The lowest BCUT2D eigenvalue weighted by atomic mass is 10.1. The Hall–Kier alpha value is -3.65. The number of nitrogens with one attached hydrogen (secondary N) is 1. The number of ether oxygens (including phenoxy) is 1. The van der Waals surface area contributed by atoms with Crippen molar-refractivity contribution >= 4 is 27.3 Å². The van der Waals surface area contributed by atoms with Crippen LogP contribution in [0, 0.1) is 0 Å². The topological polar surface area (TPSA) is 92.8 Å². The van der Waals surface area contributed by atoms with E-state index in [-0.39, 0.29) is 5.91 Å². The molecule has 7 nitrogen and oxygen atoms in total. The highest BCUT2D eigenvalue weighted by Crippen LogP contribution is 2.41. The number of carbonyl (C=O) groups is 2. The quantitative estimate of drug-likeness (QED) is 0.457. The van der Waals surface area contributed by atoms with E-state index in [1.807, 2.05) is 18.2 Å². The molecule has 1 unspecified atom stereocenters. The molecule has 1 fully saturated rings. The largest absolute Gasteiger partial charge is 0.495 e. The van der Waals surface area contributed by atoms with Crippen molar-refractivity contribution in [2.75, 3.05) is 24.3 Å². The molecule has 1 heterocycles. The number of benzene rings is 3. The number of methoxy groups -OCH3 is 1. The average Bonchev–Trinajstić information content (AvgIpc) is 3.12. The third-order valence-corrected chi connectivity index (χ3v) is 7.78. The van der Waals surface area contributed by atoms with Gasteiger partial charge in [0.1, 0.15) is 11.5 Å². The van der Waals surface area contributed by atoms with Crippen LogP contribution in [0.25, 0.3) is 0 Å². The summed E-state index contributed by atoms with van der Waals surface area (Å²) in [4.78, 5) is 26.8. The minimum atomic E-state index is -3.82. The van der Waals surface area contributed by atoms with Gasteiger partial charge in [0.2, 0.25) is 5.91 Å². The van der Waals surface area contributed by atoms with E-state index in [1.165, 1.54) is 17.6 Å². The van der Waals surface area contributed by atoms with Crippen LogP contribution >= 0.6 is 0 Å². The van der Waals surface area contributed by atoms with E-state index in [0.717, 1.165) is 19.3 Å². The Morgan fingerprint density at radius 2 is 1.74 bits per heavy atom. The predicted molar refractivity (Wildman–Crippen MR) is 135 cm³/mol. The van der Waals surface area contributed by atoms with Crippen LogP contribution in [0.1, 0.15) is 39.7 Å². The van der Waals surface area contributed by atoms with E-state index in [9.17, 15) is 18.0 Å². The van der Waals surface area contributed by atoms with Gasteiger partial charge in [0.05, 0.1) is 12.8 Å². The van der Waals surface area contributed by atoms with Gasteiger partial charge in [0.25, 0.3) is 5.91 Å². The van der Waals surface area contributed by atoms with Gasteiger partial charge in [-0.3, -0.25) is 14.5 Å². The first kappa shape index (κ1) is 24.5. The smallest absolute Gasteiger partial charge is 0.251 e. The maximum absolute atomic E-state index is 13.0. The number of para-hydroxylation sites is 2. The maximum Gasteiger partial charge on any atom is 0.251 e. The Bertz CT molecular complexity index is 1310. The van der Waals surface area contributed by atoms with Crippen LogP contribution in [0.3, 0.4) is 0 Å². The molecule has 0 saturated carbocycles. The normalized spacial score (nSPS) is 16.8. The third kappa shape index (κ3) is 5.54. The fourth-order valence-corrected chi connectivity index (χ4v) is 6.05. The number of hydrogen-bond acceptors (Lipinski definition) is 5. The van der Waals surface area contributed by atoms with Crippen molar-refractivity contribution in [3.05, 3.63) is 95.6 Å². The summed E-state index contributed by atoms with van der Waals surface area (Å²) in [5.41, 5.74) is 2.34. The van der Waals surface area contributed by atoms with Crippen LogP contribution in [-0.2, 0) is 21.1 Å². The predicted octanol–water partition coefficient (Wildman–Crippen LogP) is 3.91. The zero-order valence-electron chi connectivity index (χ0n) is 19.5. The molecule has 0 spiro atoms. The molecule has 3 aromatic rings.